The monoisotopic (exact) mass is 665 g/mol. The fourth-order valence-corrected chi connectivity index (χ4v) is 6.75. The van der Waals surface area contributed by atoms with Gasteiger partial charge in [0.2, 0.25) is 29.5 Å². The summed E-state index contributed by atoms with van der Waals surface area (Å²) in [6, 6.07) is -5.18. The number of carbonyl (C=O) groups is 5. The SMILES string of the molecule is CCCC[C@H]1C(=O)N(C)[C@@H](CCC)C(=O)NC(C2CCCCC2)C(=O)N[C@@H](CN)C(=O)N[C@@H]([C@H](C)O)C(=O)N[C@H](C)CN1CCCC. The summed E-state index contributed by atoms with van der Waals surface area (Å²) < 4.78 is 0. The molecule has 2 fully saturated rings. The average Bonchev–Trinajstić information content (AvgIpc) is 3.05. The number of amides is 5. The molecule has 0 aromatic heterocycles. The molecule has 0 aromatic carbocycles. The van der Waals surface area contributed by atoms with Gasteiger partial charge in [-0.1, -0.05) is 65.7 Å². The summed E-state index contributed by atoms with van der Waals surface area (Å²) in [5.41, 5.74) is 5.93. The highest BCUT2D eigenvalue weighted by Gasteiger charge is 2.39. The van der Waals surface area contributed by atoms with E-state index in [2.05, 4.69) is 40.0 Å². The van der Waals surface area contributed by atoms with Crippen molar-refractivity contribution >= 4 is 29.5 Å². The first-order valence-electron chi connectivity index (χ1n) is 18.0. The Balaban J connectivity index is 2.63. The van der Waals surface area contributed by atoms with Crippen LogP contribution in [0.15, 0.2) is 0 Å². The fraction of sp³-hybridized carbons (Fsp3) is 0.853. The quantitative estimate of drug-likeness (QED) is 0.190. The maximum atomic E-state index is 14.4. The third-order valence-corrected chi connectivity index (χ3v) is 9.57. The van der Waals surface area contributed by atoms with Gasteiger partial charge in [-0.05, 0) is 58.4 Å². The van der Waals surface area contributed by atoms with Crippen LogP contribution in [-0.2, 0) is 24.0 Å². The molecule has 1 heterocycles. The third-order valence-electron chi connectivity index (χ3n) is 9.57. The third kappa shape index (κ3) is 12.0. The molecule has 1 unspecified atom stereocenters. The molecule has 1 aliphatic carbocycles. The van der Waals surface area contributed by atoms with Crippen LogP contribution in [-0.4, -0.2) is 113 Å². The Morgan fingerprint density at radius 1 is 0.809 bits per heavy atom. The van der Waals surface area contributed by atoms with Gasteiger partial charge in [-0.2, -0.15) is 0 Å². The summed E-state index contributed by atoms with van der Waals surface area (Å²) in [6.07, 6.45) is 8.20. The number of rotatable bonds is 11. The molecule has 1 saturated carbocycles. The second-order valence-electron chi connectivity index (χ2n) is 13.6. The highest BCUT2D eigenvalue weighted by molar-refractivity contribution is 5.96. The largest absolute Gasteiger partial charge is 0.391 e. The van der Waals surface area contributed by atoms with E-state index in [4.69, 9.17) is 5.73 Å². The molecule has 0 aromatic rings. The van der Waals surface area contributed by atoms with E-state index in [1.165, 1.54) is 6.92 Å². The van der Waals surface area contributed by atoms with Crippen LogP contribution in [0.25, 0.3) is 0 Å². The molecule has 5 amide bonds. The van der Waals surface area contributed by atoms with Crippen molar-refractivity contribution in [1.29, 1.82) is 0 Å². The number of nitrogens with zero attached hydrogens (tertiary/aromatic N) is 2. The molecular formula is C34H63N7O6. The molecule has 270 valence electrons. The number of hydrogen-bond donors (Lipinski definition) is 6. The van der Waals surface area contributed by atoms with Crippen LogP contribution in [0, 0.1) is 5.92 Å². The van der Waals surface area contributed by atoms with E-state index >= 15 is 0 Å². The van der Waals surface area contributed by atoms with Crippen molar-refractivity contribution in [2.45, 2.75) is 154 Å². The molecule has 2 aliphatic rings. The number of likely N-dealkylation sites (N-methyl/N-ethyl adjacent to an activating group) is 1. The Bertz CT molecular complexity index is 1020. The van der Waals surface area contributed by atoms with Crippen molar-refractivity contribution in [3.63, 3.8) is 0 Å². The minimum atomic E-state index is -1.30. The van der Waals surface area contributed by atoms with Crippen molar-refractivity contribution < 1.29 is 29.1 Å². The lowest BCUT2D eigenvalue weighted by Crippen LogP contribution is -2.63. The summed E-state index contributed by atoms with van der Waals surface area (Å²) in [7, 11) is 1.67. The lowest BCUT2D eigenvalue weighted by atomic mass is 9.83. The van der Waals surface area contributed by atoms with Crippen molar-refractivity contribution in [1.82, 2.24) is 31.1 Å². The normalized spacial score (nSPS) is 29.3. The number of hydrogen-bond acceptors (Lipinski definition) is 8. The first-order chi connectivity index (χ1) is 22.4. The van der Waals surface area contributed by atoms with E-state index in [0.29, 0.717) is 32.4 Å². The summed E-state index contributed by atoms with van der Waals surface area (Å²) in [5.74, 6) is -2.54. The van der Waals surface area contributed by atoms with Crippen LogP contribution >= 0.6 is 0 Å². The van der Waals surface area contributed by atoms with E-state index in [-0.39, 0.29) is 18.4 Å². The second kappa shape index (κ2) is 20.6. The lowest BCUT2D eigenvalue weighted by Gasteiger charge is -2.38. The van der Waals surface area contributed by atoms with Crippen LogP contribution in [0.1, 0.15) is 112 Å². The van der Waals surface area contributed by atoms with Crippen molar-refractivity contribution in [2.24, 2.45) is 11.7 Å². The number of nitrogens with one attached hydrogen (secondary N) is 4. The Labute approximate surface area is 281 Å². The van der Waals surface area contributed by atoms with Gasteiger partial charge in [0.15, 0.2) is 0 Å². The molecule has 13 nitrogen and oxygen atoms in total. The summed E-state index contributed by atoms with van der Waals surface area (Å²) in [6.45, 7) is 10.0. The standard InChI is InChI=1S/C34H63N7O6/c1-7-10-18-27-34(47)40(6)26(15-9-3)31(44)39-29(24-16-13-12-14-17-24)33(46)37-25(20-35)30(43)38-28(23(5)42)32(45)36-22(4)21-41(27)19-11-8-2/h22-29,42H,7-21,35H2,1-6H3,(H,36,45)(H,37,46)(H,38,43)(H,39,44)/t22-,23+,25+,26+,27+,28+,29?/m1/s1. The van der Waals surface area contributed by atoms with Gasteiger partial charge in [0, 0.05) is 26.2 Å². The van der Waals surface area contributed by atoms with Gasteiger partial charge in [-0.15, -0.1) is 0 Å². The maximum Gasteiger partial charge on any atom is 0.245 e. The summed E-state index contributed by atoms with van der Waals surface area (Å²) in [4.78, 5) is 72.7. The van der Waals surface area contributed by atoms with Crippen molar-refractivity contribution in [2.75, 3.05) is 26.7 Å². The van der Waals surface area contributed by atoms with Crippen LogP contribution in [0.5, 0.6) is 0 Å². The number of unbranched alkanes of at least 4 members (excludes halogenated alkanes) is 2. The van der Waals surface area contributed by atoms with Gasteiger partial charge in [0.25, 0.3) is 0 Å². The number of aliphatic hydroxyl groups excluding tert-OH is 1. The first-order valence-corrected chi connectivity index (χ1v) is 18.0. The Kier molecular flexibility index (Phi) is 17.7. The Morgan fingerprint density at radius 3 is 2.04 bits per heavy atom. The molecule has 7 atom stereocenters. The van der Waals surface area contributed by atoms with Crippen LogP contribution in [0.3, 0.4) is 0 Å². The maximum absolute atomic E-state index is 14.4. The van der Waals surface area contributed by atoms with Gasteiger partial charge in [0.05, 0.1) is 12.1 Å². The number of aliphatic hydroxyl groups is 1. The van der Waals surface area contributed by atoms with Gasteiger partial charge in [0.1, 0.15) is 24.2 Å². The first kappa shape index (κ1) is 40.4. The predicted octanol–water partition coefficient (Wildman–Crippen LogP) is 1.17. The van der Waals surface area contributed by atoms with E-state index in [1.54, 1.807) is 11.9 Å². The summed E-state index contributed by atoms with van der Waals surface area (Å²) in [5, 5.41) is 21.7. The van der Waals surface area contributed by atoms with Crippen LogP contribution in [0.2, 0.25) is 0 Å². The van der Waals surface area contributed by atoms with E-state index in [9.17, 15) is 29.1 Å². The predicted molar refractivity (Wildman–Crippen MR) is 182 cm³/mol. The van der Waals surface area contributed by atoms with Gasteiger partial charge in [-0.3, -0.25) is 28.9 Å². The molecule has 0 spiro atoms. The lowest BCUT2D eigenvalue weighted by molar-refractivity contribution is -0.145. The highest BCUT2D eigenvalue weighted by atomic mass is 16.3. The van der Waals surface area contributed by atoms with E-state index in [1.807, 2.05) is 13.8 Å². The van der Waals surface area contributed by atoms with Crippen LogP contribution < -0.4 is 27.0 Å². The number of nitrogens with two attached hydrogens (primary N) is 1. The molecule has 0 radical (unpaired) electrons. The number of carbonyl (C=O) groups excluding carboxylic acids is 5. The van der Waals surface area contributed by atoms with Crippen molar-refractivity contribution in [3.8, 4) is 0 Å². The summed E-state index contributed by atoms with van der Waals surface area (Å²) >= 11 is 0. The molecule has 2 rings (SSSR count). The Morgan fingerprint density at radius 2 is 1.47 bits per heavy atom. The fourth-order valence-electron chi connectivity index (χ4n) is 6.75. The zero-order valence-electron chi connectivity index (χ0n) is 29.7. The molecular weight excluding hydrogens is 602 g/mol. The minimum Gasteiger partial charge on any atom is -0.391 e. The minimum absolute atomic E-state index is 0.151. The average molecular weight is 666 g/mol. The Hall–Kier alpha value is -2.77. The van der Waals surface area contributed by atoms with Gasteiger partial charge >= 0.3 is 0 Å². The molecule has 0 bridgehead atoms. The topological polar surface area (TPSA) is 186 Å². The molecule has 1 saturated heterocycles. The molecule has 1 aliphatic heterocycles. The van der Waals surface area contributed by atoms with Gasteiger partial charge < -0.3 is 37.0 Å². The van der Waals surface area contributed by atoms with Crippen LogP contribution in [0.4, 0.5) is 0 Å². The van der Waals surface area contributed by atoms with E-state index < -0.39 is 66.0 Å². The smallest absolute Gasteiger partial charge is 0.245 e. The van der Waals surface area contributed by atoms with Gasteiger partial charge in [-0.25, -0.2) is 0 Å². The second-order valence-corrected chi connectivity index (χ2v) is 13.6. The zero-order valence-corrected chi connectivity index (χ0v) is 29.7. The zero-order chi connectivity index (χ0) is 35.1. The molecule has 47 heavy (non-hydrogen) atoms. The molecule has 7 N–H and O–H groups in total. The molecule has 13 heteroatoms. The van der Waals surface area contributed by atoms with Crippen molar-refractivity contribution in [3.05, 3.63) is 0 Å². The van der Waals surface area contributed by atoms with E-state index in [0.717, 1.165) is 57.8 Å². The highest BCUT2D eigenvalue weighted by Crippen LogP contribution is 2.27.